The minimum Gasteiger partial charge on any atom is -0.496 e. The number of ether oxygens (including phenoxy) is 1. The molecule has 1 unspecified atom stereocenters. The zero-order valence-electron chi connectivity index (χ0n) is 12.4. The van der Waals surface area contributed by atoms with Crippen molar-refractivity contribution in [3.8, 4) is 5.75 Å². The number of thioether (sulfide) groups is 1. The average Bonchev–Trinajstić information content (AvgIpc) is 2.47. The summed E-state index contributed by atoms with van der Waals surface area (Å²) in [5, 5.41) is 10.5. The van der Waals surface area contributed by atoms with Crippen LogP contribution in [0, 0.1) is 13.8 Å². The molecular weight excluding hydrogens is 348 g/mol. The number of hydrogen-bond donors (Lipinski definition) is 1. The van der Waals surface area contributed by atoms with Crippen molar-refractivity contribution in [2.75, 3.05) is 12.9 Å². The summed E-state index contributed by atoms with van der Waals surface area (Å²) in [4.78, 5) is 1.13. The van der Waals surface area contributed by atoms with Crippen molar-refractivity contribution < 1.29 is 9.84 Å². The predicted molar refractivity (Wildman–Crippen MR) is 92.3 cm³/mol. The first-order valence-corrected chi connectivity index (χ1v) is 8.51. The van der Waals surface area contributed by atoms with Crippen LogP contribution in [0.4, 0.5) is 0 Å². The van der Waals surface area contributed by atoms with Crippen LogP contribution in [0.5, 0.6) is 5.75 Å². The Morgan fingerprint density at radius 2 is 2.00 bits per heavy atom. The van der Waals surface area contributed by atoms with Crippen molar-refractivity contribution in [2.24, 2.45) is 0 Å². The average molecular weight is 367 g/mol. The molecule has 1 N–H and O–H groups in total. The monoisotopic (exact) mass is 366 g/mol. The fourth-order valence-corrected chi connectivity index (χ4v) is 3.63. The van der Waals surface area contributed by atoms with Crippen LogP contribution >= 0.6 is 27.7 Å². The third kappa shape index (κ3) is 4.02. The fourth-order valence-electron chi connectivity index (χ4n) is 2.17. The van der Waals surface area contributed by atoms with Crippen LogP contribution in [-0.2, 0) is 0 Å². The third-order valence-corrected chi connectivity index (χ3v) is 5.04. The molecule has 21 heavy (non-hydrogen) atoms. The molecule has 0 saturated heterocycles. The molecule has 0 fully saturated rings. The zero-order valence-corrected chi connectivity index (χ0v) is 14.8. The first-order valence-electron chi connectivity index (χ1n) is 6.73. The number of benzene rings is 2. The summed E-state index contributed by atoms with van der Waals surface area (Å²) in [5.74, 6) is 1.38. The molecule has 4 heteroatoms. The Morgan fingerprint density at radius 1 is 1.24 bits per heavy atom. The lowest BCUT2D eigenvalue weighted by Gasteiger charge is -2.17. The highest BCUT2D eigenvalue weighted by atomic mass is 79.9. The van der Waals surface area contributed by atoms with E-state index in [9.17, 15) is 5.11 Å². The molecule has 0 radical (unpaired) electrons. The van der Waals surface area contributed by atoms with Crippen LogP contribution < -0.4 is 4.74 Å². The lowest BCUT2D eigenvalue weighted by atomic mass is 10.0. The second-order valence-corrected chi connectivity index (χ2v) is 6.92. The van der Waals surface area contributed by atoms with E-state index in [1.54, 1.807) is 18.9 Å². The molecule has 112 valence electrons. The molecule has 2 rings (SSSR count). The van der Waals surface area contributed by atoms with Crippen molar-refractivity contribution in [1.29, 1.82) is 0 Å². The number of halogens is 1. The van der Waals surface area contributed by atoms with Crippen LogP contribution in [0.25, 0.3) is 0 Å². The molecule has 0 bridgehead atoms. The van der Waals surface area contributed by atoms with Gasteiger partial charge in [0, 0.05) is 20.7 Å². The highest BCUT2D eigenvalue weighted by molar-refractivity contribution is 9.10. The largest absolute Gasteiger partial charge is 0.496 e. The maximum atomic E-state index is 10.5. The topological polar surface area (TPSA) is 29.5 Å². The fraction of sp³-hybridized carbons (Fsp3) is 0.294. The maximum Gasteiger partial charge on any atom is 0.127 e. The Labute approximate surface area is 138 Å². The predicted octanol–water partition coefficient (Wildman–Crippen LogP) is 4.90. The van der Waals surface area contributed by atoms with E-state index in [1.165, 1.54) is 5.56 Å². The van der Waals surface area contributed by atoms with E-state index in [1.807, 2.05) is 44.2 Å². The maximum absolute atomic E-state index is 10.5. The molecule has 2 aromatic carbocycles. The molecule has 0 aliphatic carbocycles. The van der Waals surface area contributed by atoms with Crippen LogP contribution in [0.15, 0.2) is 45.8 Å². The molecule has 0 amide bonds. The van der Waals surface area contributed by atoms with Gasteiger partial charge in [-0.3, -0.25) is 0 Å². The minimum absolute atomic E-state index is 0.553. The van der Waals surface area contributed by atoms with E-state index >= 15 is 0 Å². The van der Waals surface area contributed by atoms with Gasteiger partial charge in [0.15, 0.2) is 0 Å². The molecule has 0 aliphatic rings. The molecule has 0 aromatic heterocycles. The van der Waals surface area contributed by atoms with Gasteiger partial charge < -0.3 is 9.84 Å². The van der Waals surface area contributed by atoms with E-state index in [4.69, 9.17) is 4.74 Å². The number of aliphatic hydroxyl groups is 1. The summed E-state index contributed by atoms with van der Waals surface area (Å²) in [7, 11) is 1.65. The first-order chi connectivity index (χ1) is 10.0. The highest BCUT2D eigenvalue weighted by Gasteiger charge is 2.16. The quantitative estimate of drug-likeness (QED) is 0.763. The number of aryl methyl sites for hydroxylation is 1. The number of rotatable bonds is 5. The molecule has 2 nitrogen and oxygen atoms in total. The van der Waals surface area contributed by atoms with Crippen LogP contribution in [0.3, 0.4) is 0 Å². The summed E-state index contributed by atoms with van der Waals surface area (Å²) >= 11 is 5.09. The van der Waals surface area contributed by atoms with E-state index in [0.717, 1.165) is 26.2 Å². The third-order valence-electron chi connectivity index (χ3n) is 3.47. The molecule has 0 saturated carbocycles. The number of methoxy groups -OCH3 is 1. The molecule has 1 atom stereocenters. The van der Waals surface area contributed by atoms with Gasteiger partial charge in [0.05, 0.1) is 13.2 Å². The Balaban J connectivity index is 2.13. The second kappa shape index (κ2) is 7.34. The van der Waals surface area contributed by atoms with E-state index in [0.29, 0.717) is 5.75 Å². The lowest BCUT2D eigenvalue weighted by molar-refractivity contribution is 0.198. The zero-order chi connectivity index (χ0) is 15.4. The van der Waals surface area contributed by atoms with Gasteiger partial charge in [0.25, 0.3) is 0 Å². The second-order valence-electron chi connectivity index (χ2n) is 4.91. The van der Waals surface area contributed by atoms with E-state index in [2.05, 4.69) is 22.0 Å². The Morgan fingerprint density at radius 3 is 2.67 bits per heavy atom. The van der Waals surface area contributed by atoms with E-state index < -0.39 is 6.10 Å². The van der Waals surface area contributed by atoms with Crippen molar-refractivity contribution in [1.82, 2.24) is 0 Å². The van der Waals surface area contributed by atoms with Crippen molar-refractivity contribution in [3.05, 3.63) is 57.6 Å². The summed E-state index contributed by atoms with van der Waals surface area (Å²) in [6.45, 7) is 4.07. The van der Waals surface area contributed by atoms with Gasteiger partial charge in [-0.2, -0.15) is 0 Å². The molecule has 0 aliphatic heterocycles. The Kier molecular flexibility index (Phi) is 5.73. The van der Waals surface area contributed by atoms with Crippen LogP contribution in [0.1, 0.15) is 22.8 Å². The lowest BCUT2D eigenvalue weighted by Crippen LogP contribution is -2.05. The van der Waals surface area contributed by atoms with Crippen LogP contribution in [-0.4, -0.2) is 18.0 Å². The molecule has 2 aromatic rings. The minimum atomic E-state index is -0.553. The van der Waals surface area contributed by atoms with Gasteiger partial charge in [-0.05, 0) is 43.2 Å². The number of aliphatic hydroxyl groups excluding tert-OH is 1. The smallest absolute Gasteiger partial charge is 0.127 e. The van der Waals surface area contributed by atoms with Gasteiger partial charge >= 0.3 is 0 Å². The molecule has 0 heterocycles. The van der Waals surface area contributed by atoms with Gasteiger partial charge in [-0.25, -0.2) is 0 Å². The van der Waals surface area contributed by atoms with Crippen molar-refractivity contribution in [3.63, 3.8) is 0 Å². The molecular formula is C17H19BrO2S. The molecule has 0 spiro atoms. The van der Waals surface area contributed by atoms with Gasteiger partial charge in [0.1, 0.15) is 5.75 Å². The Hall–Kier alpha value is -0.970. The highest BCUT2D eigenvalue weighted by Crippen LogP contribution is 2.34. The summed E-state index contributed by atoms with van der Waals surface area (Å²) in [6.07, 6.45) is -0.553. The summed E-state index contributed by atoms with van der Waals surface area (Å²) in [6, 6.07) is 12.1. The van der Waals surface area contributed by atoms with Crippen molar-refractivity contribution in [2.45, 2.75) is 24.8 Å². The standard InChI is InChI=1S/C17H19BrO2S/c1-11-7-8-15(17(20-3)12(11)2)16(19)10-21-14-6-4-5-13(18)9-14/h4-9,16,19H,10H2,1-3H3. The first kappa shape index (κ1) is 16.4. The van der Waals surface area contributed by atoms with Crippen LogP contribution in [0.2, 0.25) is 0 Å². The van der Waals surface area contributed by atoms with Gasteiger partial charge in [0.2, 0.25) is 0 Å². The number of hydrogen-bond acceptors (Lipinski definition) is 3. The van der Waals surface area contributed by atoms with Crippen molar-refractivity contribution >= 4 is 27.7 Å². The summed E-state index contributed by atoms with van der Waals surface area (Å²) in [5.41, 5.74) is 3.10. The summed E-state index contributed by atoms with van der Waals surface area (Å²) < 4.78 is 6.52. The van der Waals surface area contributed by atoms with Gasteiger partial charge in [-0.1, -0.05) is 34.1 Å². The normalized spacial score (nSPS) is 12.2. The van der Waals surface area contributed by atoms with Gasteiger partial charge in [-0.15, -0.1) is 11.8 Å². The van der Waals surface area contributed by atoms with E-state index in [-0.39, 0.29) is 0 Å². The SMILES string of the molecule is COc1c(C(O)CSc2cccc(Br)c2)ccc(C)c1C. The Bertz CT molecular complexity index is 628.